The first-order valence-electron chi connectivity index (χ1n) is 10.8. The second-order valence-corrected chi connectivity index (χ2v) is 7.76. The molecule has 8 nitrogen and oxygen atoms in total. The van der Waals surface area contributed by atoms with Gasteiger partial charge in [0.15, 0.2) is 17.5 Å². The lowest BCUT2D eigenvalue weighted by Gasteiger charge is -2.36. The van der Waals surface area contributed by atoms with Crippen molar-refractivity contribution < 1.29 is 14.3 Å². The van der Waals surface area contributed by atoms with E-state index in [9.17, 15) is 4.79 Å². The van der Waals surface area contributed by atoms with Crippen LogP contribution >= 0.6 is 24.0 Å². The lowest BCUT2D eigenvalue weighted by molar-refractivity contribution is -0.123. The Bertz CT molecular complexity index is 693. The molecule has 0 spiro atoms. The van der Waals surface area contributed by atoms with Gasteiger partial charge in [0.1, 0.15) is 6.10 Å². The van der Waals surface area contributed by atoms with Crippen LogP contribution in [0, 0.1) is 0 Å². The Labute approximate surface area is 203 Å². The van der Waals surface area contributed by atoms with E-state index < -0.39 is 0 Å². The monoisotopic (exact) mass is 547 g/mol. The fourth-order valence-corrected chi connectivity index (χ4v) is 3.30. The molecule has 1 aromatic rings. The number of nitrogens with one attached hydrogen (secondary N) is 2. The van der Waals surface area contributed by atoms with Gasteiger partial charge in [0, 0.05) is 38.8 Å². The molecule has 0 saturated carbocycles. The number of benzene rings is 1. The Morgan fingerprint density at radius 1 is 1.13 bits per heavy atom. The Morgan fingerprint density at radius 2 is 1.77 bits per heavy atom. The number of guanidine groups is 1. The second-order valence-electron chi connectivity index (χ2n) is 7.76. The highest BCUT2D eigenvalue weighted by Crippen LogP contribution is 2.26. The van der Waals surface area contributed by atoms with Crippen LogP contribution in [0.4, 0.5) is 0 Å². The van der Waals surface area contributed by atoms with Gasteiger partial charge in [-0.1, -0.05) is 12.1 Å². The van der Waals surface area contributed by atoms with Crippen LogP contribution in [0.2, 0.25) is 0 Å². The molecule has 0 radical (unpaired) electrons. The molecule has 0 bridgehead atoms. The highest BCUT2D eigenvalue weighted by Gasteiger charge is 2.21. The second kappa shape index (κ2) is 14.3. The van der Waals surface area contributed by atoms with E-state index in [2.05, 4.69) is 27.4 Å². The smallest absolute Gasteiger partial charge is 0.234 e. The Balaban J connectivity index is 0.00000480. The van der Waals surface area contributed by atoms with Crippen LogP contribution in [0.15, 0.2) is 29.3 Å². The fraction of sp³-hybridized carbons (Fsp3) is 0.636. The number of piperazine rings is 1. The molecule has 1 atom stereocenters. The molecule has 176 valence electrons. The molecule has 1 amide bonds. The van der Waals surface area contributed by atoms with Crippen molar-refractivity contribution >= 4 is 35.8 Å². The molecule has 1 fully saturated rings. The van der Waals surface area contributed by atoms with Gasteiger partial charge in [-0.05, 0) is 39.8 Å². The van der Waals surface area contributed by atoms with Crippen LogP contribution in [-0.2, 0) is 4.79 Å². The summed E-state index contributed by atoms with van der Waals surface area (Å²) < 4.78 is 11.4. The van der Waals surface area contributed by atoms with E-state index in [0.29, 0.717) is 13.1 Å². The third-order valence-corrected chi connectivity index (χ3v) is 4.72. The van der Waals surface area contributed by atoms with Crippen LogP contribution in [-0.4, -0.2) is 86.7 Å². The van der Waals surface area contributed by atoms with Crippen molar-refractivity contribution in [1.82, 2.24) is 20.4 Å². The maximum Gasteiger partial charge on any atom is 0.234 e. The number of ether oxygens (including phenoxy) is 2. The molecule has 0 aromatic heterocycles. The Kier molecular flexibility index (Phi) is 12.6. The predicted octanol–water partition coefficient (Wildman–Crippen LogP) is 2.19. The molecule has 1 unspecified atom stereocenters. The fourth-order valence-electron chi connectivity index (χ4n) is 3.30. The van der Waals surface area contributed by atoms with Crippen LogP contribution in [0.5, 0.6) is 11.5 Å². The summed E-state index contributed by atoms with van der Waals surface area (Å²) in [7, 11) is 1.64. The van der Waals surface area contributed by atoms with Crippen molar-refractivity contribution in [1.29, 1.82) is 0 Å². The van der Waals surface area contributed by atoms with Crippen LogP contribution < -0.4 is 20.1 Å². The van der Waals surface area contributed by atoms with E-state index in [-0.39, 0.29) is 42.0 Å². The summed E-state index contributed by atoms with van der Waals surface area (Å²) >= 11 is 0. The molecule has 9 heteroatoms. The quantitative estimate of drug-likeness (QED) is 0.281. The zero-order chi connectivity index (χ0) is 21.9. The SMILES string of the molecule is CCNC(=NCC(C)Oc1ccccc1OC)N1CCN(CC(=O)NC(C)C)CC1.I. The van der Waals surface area contributed by atoms with Gasteiger partial charge in [-0.15, -0.1) is 24.0 Å². The summed E-state index contributed by atoms with van der Waals surface area (Å²) in [5.41, 5.74) is 0. The van der Waals surface area contributed by atoms with Crippen LogP contribution in [0.3, 0.4) is 0 Å². The maximum absolute atomic E-state index is 12.0. The normalized spacial score (nSPS) is 15.8. The number of amides is 1. The first-order valence-corrected chi connectivity index (χ1v) is 10.8. The number of hydrogen-bond donors (Lipinski definition) is 2. The molecule has 1 aliphatic rings. The minimum absolute atomic E-state index is 0. The van der Waals surface area contributed by atoms with Gasteiger partial charge in [0.05, 0.1) is 20.2 Å². The summed E-state index contributed by atoms with van der Waals surface area (Å²) in [5.74, 6) is 2.42. The summed E-state index contributed by atoms with van der Waals surface area (Å²) in [5, 5.41) is 6.33. The number of para-hydroxylation sites is 2. The zero-order valence-corrected chi connectivity index (χ0v) is 21.7. The molecule has 2 N–H and O–H groups in total. The third kappa shape index (κ3) is 9.51. The number of methoxy groups -OCH3 is 1. The van der Waals surface area contributed by atoms with Crippen molar-refractivity contribution in [3.8, 4) is 11.5 Å². The highest BCUT2D eigenvalue weighted by atomic mass is 127. The van der Waals surface area contributed by atoms with Crippen molar-refractivity contribution in [2.75, 3.05) is 52.9 Å². The lowest BCUT2D eigenvalue weighted by Crippen LogP contribution is -2.54. The van der Waals surface area contributed by atoms with E-state index in [1.54, 1.807) is 7.11 Å². The van der Waals surface area contributed by atoms with Gasteiger partial charge >= 0.3 is 0 Å². The molecular weight excluding hydrogens is 509 g/mol. The first-order chi connectivity index (χ1) is 14.4. The number of aliphatic imine (C=N–C) groups is 1. The van der Waals surface area contributed by atoms with Crippen molar-refractivity contribution in [3.05, 3.63) is 24.3 Å². The zero-order valence-electron chi connectivity index (χ0n) is 19.4. The molecule has 1 aromatic carbocycles. The van der Waals surface area contributed by atoms with Gasteiger partial charge in [0.25, 0.3) is 0 Å². The molecule has 1 saturated heterocycles. The molecule has 2 rings (SSSR count). The van der Waals surface area contributed by atoms with Crippen molar-refractivity contribution in [3.63, 3.8) is 0 Å². The number of hydrogen-bond acceptors (Lipinski definition) is 5. The number of rotatable bonds is 9. The van der Waals surface area contributed by atoms with Gasteiger partial charge in [-0.3, -0.25) is 9.69 Å². The Morgan fingerprint density at radius 3 is 2.35 bits per heavy atom. The number of carbonyl (C=O) groups is 1. The lowest BCUT2D eigenvalue weighted by atomic mass is 10.3. The third-order valence-electron chi connectivity index (χ3n) is 4.72. The van der Waals surface area contributed by atoms with E-state index >= 15 is 0 Å². The highest BCUT2D eigenvalue weighted by molar-refractivity contribution is 14.0. The molecule has 31 heavy (non-hydrogen) atoms. The molecular formula is C22H38IN5O3. The molecule has 1 aliphatic heterocycles. The van der Waals surface area contributed by atoms with E-state index in [1.807, 2.05) is 45.0 Å². The van der Waals surface area contributed by atoms with E-state index in [4.69, 9.17) is 14.5 Å². The summed E-state index contributed by atoms with van der Waals surface area (Å²) in [4.78, 5) is 21.2. The summed E-state index contributed by atoms with van der Waals surface area (Å²) in [6, 6.07) is 7.81. The number of carbonyl (C=O) groups excluding carboxylic acids is 1. The summed E-state index contributed by atoms with van der Waals surface area (Å²) in [6.07, 6.45) is -0.0871. The largest absolute Gasteiger partial charge is 0.493 e. The number of nitrogens with zero attached hydrogens (tertiary/aromatic N) is 3. The number of halogens is 1. The molecule has 0 aliphatic carbocycles. The van der Waals surface area contributed by atoms with Crippen molar-refractivity contribution in [2.45, 2.75) is 39.8 Å². The standard InChI is InChI=1S/C22H37N5O3.HI/c1-6-23-22(24-15-18(4)30-20-10-8-7-9-19(20)29-5)27-13-11-26(12-14-27)16-21(28)25-17(2)3;/h7-10,17-18H,6,11-16H2,1-5H3,(H,23,24)(H,25,28);1H. The minimum Gasteiger partial charge on any atom is -0.493 e. The summed E-state index contributed by atoms with van der Waals surface area (Å²) in [6.45, 7) is 13.2. The van der Waals surface area contributed by atoms with E-state index in [0.717, 1.165) is 50.2 Å². The average molecular weight is 547 g/mol. The average Bonchev–Trinajstić information content (AvgIpc) is 2.71. The van der Waals surface area contributed by atoms with Crippen LogP contribution in [0.1, 0.15) is 27.7 Å². The topological polar surface area (TPSA) is 78.4 Å². The minimum atomic E-state index is -0.0871. The maximum atomic E-state index is 12.0. The molecule has 1 heterocycles. The first kappa shape index (κ1) is 27.3. The predicted molar refractivity (Wildman–Crippen MR) is 136 cm³/mol. The van der Waals surface area contributed by atoms with Gasteiger partial charge in [0.2, 0.25) is 5.91 Å². The van der Waals surface area contributed by atoms with Gasteiger partial charge in [-0.2, -0.15) is 0 Å². The van der Waals surface area contributed by atoms with Gasteiger partial charge in [-0.25, -0.2) is 4.99 Å². The Hall–Kier alpha value is -1.75. The van der Waals surface area contributed by atoms with Gasteiger partial charge < -0.3 is 25.0 Å². The van der Waals surface area contributed by atoms with E-state index in [1.165, 1.54) is 0 Å². The van der Waals surface area contributed by atoms with Crippen LogP contribution in [0.25, 0.3) is 0 Å². The van der Waals surface area contributed by atoms with Crippen molar-refractivity contribution in [2.24, 2.45) is 4.99 Å².